The first-order valence-electron chi connectivity index (χ1n) is 2.51. The van der Waals surface area contributed by atoms with Gasteiger partial charge in [0.15, 0.2) is 0 Å². The van der Waals surface area contributed by atoms with Crippen molar-refractivity contribution >= 4 is 0 Å². The largest absolute Gasteiger partial charge is 0.318 e. The third-order valence-electron chi connectivity index (χ3n) is 1.15. The van der Waals surface area contributed by atoms with E-state index in [-0.39, 0.29) is 0 Å². The van der Waals surface area contributed by atoms with Gasteiger partial charge in [-0.25, -0.2) is 0 Å². The van der Waals surface area contributed by atoms with Gasteiger partial charge in [-0.3, -0.25) is 4.90 Å². The van der Waals surface area contributed by atoms with Crippen molar-refractivity contribution in [3.05, 3.63) is 12.2 Å². The molecule has 0 atom stereocenters. The molecule has 0 aromatic heterocycles. The zero-order chi connectivity index (χ0) is 5.11. The zero-order valence-electron chi connectivity index (χ0n) is 4.30. The van der Waals surface area contributed by atoms with Crippen LogP contribution in [0.25, 0.3) is 0 Å². The number of hydrogen-bond acceptors (Lipinski definition) is 2. The van der Waals surface area contributed by atoms with E-state index in [2.05, 4.69) is 17.1 Å². The molecule has 0 saturated heterocycles. The SMILES string of the molecule is NCN1CC=CC1. The van der Waals surface area contributed by atoms with Gasteiger partial charge in [0.25, 0.3) is 0 Å². The lowest BCUT2D eigenvalue weighted by molar-refractivity contribution is 0.364. The molecular weight excluding hydrogens is 88.1 g/mol. The molecule has 7 heavy (non-hydrogen) atoms. The summed E-state index contributed by atoms with van der Waals surface area (Å²) in [4.78, 5) is 2.15. The standard InChI is InChI=1S/C5H10N2/c6-5-7-3-1-2-4-7/h1-2H,3-6H2. The molecule has 0 bridgehead atoms. The van der Waals surface area contributed by atoms with Crippen LogP contribution in [0.3, 0.4) is 0 Å². The summed E-state index contributed by atoms with van der Waals surface area (Å²) in [5, 5.41) is 0. The molecule has 0 spiro atoms. The minimum atomic E-state index is 0.688. The summed E-state index contributed by atoms with van der Waals surface area (Å²) in [5.74, 6) is 0. The highest BCUT2D eigenvalue weighted by atomic mass is 15.2. The van der Waals surface area contributed by atoms with Crippen molar-refractivity contribution < 1.29 is 0 Å². The second-order valence-electron chi connectivity index (χ2n) is 1.69. The van der Waals surface area contributed by atoms with Gasteiger partial charge in [0.1, 0.15) is 0 Å². The number of hydrogen-bond donors (Lipinski definition) is 1. The highest BCUT2D eigenvalue weighted by molar-refractivity contribution is 4.94. The van der Waals surface area contributed by atoms with Gasteiger partial charge in [-0.05, 0) is 0 Å². The second kappa shape index (κ2) is 2.09. The Hall–Kier alpha value is -0.340. The average molecular weight is 98.1 g/mol. The Balaban J connectivity index is 2.22. The van der Waals surface area contributed by atoms with Gasteiger partial charge in [-0.1, -0.05) is 12.2 Å². The first kappa shape index (κ1) is 4.81. The van der Waals surface area contributed by atoms with Gasteiger partial charge in [0.05, 0.1) is 0 Å². The van der Waals surface area contributed by atoms with Gasteiger partial charge in [-0.2, -0.15) is 0 Å². The minimum Gasteiger partial charge on any atom is -0.318 e. The molecule has 40 valence electrons. The Bertz CT molecular complexity index is 70.1. The maximum absolute atomic E-state index is 5.32. The predicted octanol–water partition coefficient (Wildman–Crippen LogP) is -0.226. The molecule has 1 rings (SSSR count). The predicted molar refractivity (Wildman–Crippen MR) is 29.8 cm³/mol. The fraction of sp³-hybridized carbons (Fsp3) is 0.600. The van der Waals surface area contributed by atoms with E-state index in [1.54, 1.807) is 0 Å². The van der Waals surface area contributed by atoms with E-state index >= 15 is 0 Å². The van der Waals surface area contributed by atoms with Gasteiger partial charge in [-0.15, -0.1) is 0 Å². The minimum absolute atomic E-state index is 0.688. The molecule has 0 unspecified atom stereocenters. The Morgan fingerprint density at radius 2 is 2.00 bits per heavy atom. The van der Waals surface area contributed by atoms with Crippen molar-refractivity contribution in [2.45, 2.75) is 0 Å². The van der Waals surface area contributed by atoms with Crippen LogP contribution in [0.2, 0.25) is 0 Å². The van der Waals surface area contributed by atoms with Crippen molar-refractivity contribution in [1.82, 2.24) is 4.90 Å². The normalized spacial score (nSPS) is 21.3. The molecule has 2 N–H and O–H groups in total. The Labute approximate surface area is 43.6 Å². The fourth-order valence-electron chi connectivity index (χ4n) is 0.671. The summed E-state index contributed by atoms with van der Waals surface area (Å²) >= 11 is 0. The Morgan fingerprint density at radius 1 is 1.43 bits per heavy atom. The summed E-state index contributed by atoms with van der Waals surface area (Å²) in [6.45, 7) is 2.76. The van der Waals surface area contributed by atoms with E-state index in [9.17, 15) is 0 Å². The van der Waals surface area contributed by atoms with E-state index in [1.165, 1.54) is 0 Å². The topological polar surface area (TPSA) is 29.3 Å². The van der Waals surface area contributed by atoms with Crippen molar-refractivity contribution in [3.63, 3.8) is 0 Å². The van der Waals surface area contributed by atoms with Crippen molar-refractivity contribution in [2.75, 3.05) is 19.8 Å². The van der Waals surface area contributed by atoms with Crippen molar-refractivity contribution in [2.24, 2.45) is 5.73 Å². The van der Waals surface area contributed by atoms with E-state index < -0.39 is 0 Å². The second-order valence-corrected chi connectivity index (χ2v) is 1.69. The van der Waals surface area contributed by atoms with Crippen LogP contribution >= 0.6 is 0 Å². The monoisotopic (exact) mass is 98.1 g/mol. The van der Waals surface area contributed by atoms with Gasteiger partial charge in [0.2, 0.25) is 0 Å². The Morgan fingerprint density at radius 3 is 2.29 bits per heavy atom. The van der Waals surface area contributed by atoms with Gasteiger partial charge < -0.3 is 5.73 Å². The average Bonchev–Trinajstić information content (AvgIpc) is 2.14. The number of nitrogens with two attached hydrogens (primary N) is 1. The van der Waals surface area contributed by atoms with Crippen LogP contribution in [-0.4, -0.2) is 24.7 Å². The molecule has 2 nitrogen and oxygen atoms in total. The molecule has 0 saturated carbocycles. The molecule has 1 heterocycles. The van der Waals surface area contributed by atoms with Crippen LogP contribution in [0.5, 0.6) is 0 Å². The quantitative estimate of drug-likeness (QED) is 0.459. The third kappa shape index (κ3) is 1.01. The molecule has 0 aliphatic carbocycles. The van der Waals surface area contributed by atoms with Crippen LogP contribution in [0.1, 0.15) is 0 Å². The van der Waals surface area contributed by atoms with Gasteiger partial charge in [0, 0.05) is 19.8 Å². The lowest BCUT2D eigenvalue weighted by Crippen LogP contribution is -2.26. The first-order valence-corrected chi connectivity index (χ1v) is 2.51. The third-order valence-corrected chi connectivity index (χ3v) is 1.15. The van der Waals surface area contributed by atoms with Crippen LogP contribution in [0.4, 0.5) is 0 Å². The number of nitrogens with zero attached hydrogens (tertiary/aromatic N) is 1. The van der Waals surface area contributed by atoms with Crippen LogP contribution < -0.4 is 5.73 Å². The highest BCUT2D eigenvalue weighted by Crippen LogP contribution is 1.93. The lowest BCUT2D eigenvalue weighted by atomic mass is 10.6. The number of rotatable bonds is 1. The van der Waals surface area contributed by atoms with Gasteiger partial charge >= 0.3 is 0 Å². The van der Waals surface area contributed by atoms with Crippen LogP contribution in [-0.2, 0) is 0 Å². The van der Waals surface area contributed by atoms with Crippen molar-refractivity contribution in [1.29, 1.82) is 0 Å². The summed E-state index contributed by atoms with van der Waals surface area (Å²) < 4.78 is 0. The van der Waals surface area contributed by atoms with E-state index in [4.69, 9.17) is 5.73 Å². The molecule has 0 aromatic carbocycles. The van der Waals surface area contributed by atoms with E-state index in [0.717, 1.165) is 13.1 Å². The molecule has 0 amide bonds. The molecule has 0 fully saturated rings. The van der Waals surface area contributed by atoms with E-state index in [0.29, 0.717) is 6.67 Å². The summed E-state index contributed by atoms with van der Waals surface area (Å²) in [7, 11) is 0. The molecule has 2 heteroatoms. The smallest absolute Gasteiger partial charge is 0.0461 e. The zero-order valence-corrected chi connectivity index (χ0v) is 4.30. The van der Waals surface area contributed by atoms with Crippen LogP contribution in [0.15, 0.2) is 12.2 Å². The molecule has 0 radical (unpaired) electrons. The summed E-state index contributed by atoms with van der Waals surface area (Å²) in [6.07, 6.45) is 4.26. The lowest BCUT2D eigenvalue weighted by Gasteiger charge is -2.08. The molecule has 0 aromatic rings. The van der Waals surface area contributed by atoms with Crippen LogP contribution in [0, 0.1) is 0 Å². The highest BCUT2D eigenvalue weighted by Gasteiger charge is 2.00. The molecule has 1 aliphatic heterocycles. The summed E-state index contributed by atoms with van der Waals surface area (Å²) in [5.41, 5.74) is 5.32. The maximum Gasteiger partial charge on any atom is 0.0461 e. The van der Waals surface area contributed by atoms with E-state index in [1.807, 2.05) is 0 Å². The maximum atomic E-state index is 5.32. The molecule has 1 aliphatic rings. The first-order chi connectivity index (χ1) is 3.43. The fourth-order valence-corrected chi connectivity index (χ4v) is 0.671. The Kier molecular flexibility index (Phi) is 1.44. The van der Waals surface area contributed by atoms with Crippen molar-refractivity contribution in [3.8, 4) is 0 Å². The summed E-state index contributed by atoms with van der Waals surface area (Å²) in [6, 6.07) is 0. The molecular formula is C5H10N2.